The van der Waals surface area contributed by atoms with Gasteiger partial charge < -0.3 is 9.80 Å². The van der Waals surface area contributed by atoms with Crippen LogP contribution in [0.2, 0.25) is 5.02 Å². The molecule has 3 rings (SSSR count). The minimum absolute atomic E-state index is 0.834. The zero-order valence-corrected chi connectivity index (χ0v) is 12.4. The van der Waals surface area contributed by atoms with Crippen molar-refractivity contribution in [2.45, 2.75) is 6.92 Å². The lowest BCUT2D eigenvalue weighted by Crippen LogP contribution is -2.46. The van der Waals surface area contributed by atoms with Crippen molar-refractivity contribution in [3.8, 4) is 0 Å². The second-order valence-corrected chi connectivity index (χ2v) is 5.94. The van der Waals surface area contributed by atoms with Gasteiger partial charge in [0.2, 0.25) is 0 Å². The van der Waals surface area contributed by atoms with Crippen molar-refractivity contribution in [1.29, 1.82) is 0 Å². The van der Waals surface area contributed by atoms with Gasteiger partial charge in [0.15, 0.2) is 5.13 Å². The van der Waals surface area contributed by atoms with E-state index in [2.05, 4.69) is 26.2 Å². The van der Waals surface area contributed by atoms with Crippen LogP contribution in [-0.2, 0) is 0 Å². The minimum atomic E-state index is 0.834. The molecule has 0 unspecified atom stereocenters. The molecule has 0 amide bonds. The Kier molecular flexibility index (Phi) is 3.62. The summed E-state index contributed by atoms with van der Waals surface area (Å²) in [6.45, 7) is 6.01. The van der Waals surface area contributed by atoms with Crippen LogP contribution >= 0.6 is 22.9 Å². The molecule has 1 aromatic carbocycles. The summed E-state index contributed by atoms with van der Waals surface area (Å²) in [5, 5.41) is 4.08. The zero-order valence-electron chi connectivity index (χ0n) is 10.8. The van der Waals surface area contributed by atoms with Crippen LogP contribution in [0.3, 0.4) is 0 Å². The van der Waals surface area contributed by atoms with E-state index in [0.29, 0.717) is 0 Å². The minimum Gasteiger partial charge on any atom is -0.367 e. The molecule has 0 saturated carbocycles. The predicted octanol–water partition coefficient (Wildman–Crippen LogP) is 3.43. The van der Waals surface area contributed by atoms with Crippen molar-refractivity contribution < 1.29 is 0 Å². The third-order valence-corrected chi connectivity index (χ3v) is 4.69. The highest BCUT2D eigenvalue weighted by molar-refractivity contribution is 7.13. The molecule has 100 valence electrons. The fourth-order valence-electron chi connectivity index (χ4n) is 2.33. The molecule has 0 aliphatic carbocycles. The molecule has 1 aliphatic rings. The Balaban J connectivity index is 1.68. The van der Waals surface area contributed by atoms with Gasteiger partial charge >= 0.3 is 0 Å². The highest BCUT2D eigenvalue weighted by Gasteiger charge is 2.20. The molecular formula is C14H16ClN3S. The molecule has 0 N–H and O–H groups in total. The Morgan fingerprint density at radius 1 is 1.11 bits per heavy atom. The summed E-state index contributed by atoms with van der Waals surface area (Å²) in [4.78, 5) is 9.25. The number of aromatic nitrogens is 1. The van der Waals surface area contributed by atoms with Gasteiger partial charge in [0.1, 0.15) is 0 Å². The van der Waals surface area contributed by atoms with E-state index in [1.54, 1.807) is 11.3 Å². The fourth-order valence-corrected chi connectivity index (χ4v) is 3.45. The van der Waals surface area contributed by atoms with E-state index in [0.717, 1.165) is 47.7 Å². The van der Waals surface area contributed by atoms with Gasteiger partial charge in [0.05, 0.1) is 16.4 Å². The lowest BCUT2D eigenvalue weighted by molar-refractivity contribution is 0.652. The number of thiazole rings is 1. The second kappa shape index (κ2) is 5.39. The van der Waals surface area contributed by atoms with E-state index >= 15 is 0 Å². The number of benzene rings is 1. The number of hydrogen-bond acceptors (Lipinski definition) is 4. The van der Waals surface area contributed by atoms with Gasteiger partial charge in [-0.25, -0.2) is 4.98 Å². The summed E-state index contributed by atoms with van der Waals surface area (Å²) in [5.41, 5.74) is 2.24. The largest absolute Gasteiger partial charge is 0.367 e. The molecule has 1 aromatic heterocycles. The number of anilines is 2. The summed E-state index contributed by atoms with van der Waals surface area (Å²) >= 11 is 7.98. The van der Waals surface area contributed by atoms with Gasteiger partial charge in [-0.3, -0.25) is 0 Å². The first kappa shape index (κ1) is 12.8. The molecule has 1 fully saturated rings. The molecule has 0 atom stereocenters. The van der Waals surface area contributed by atoms with Gasteiger partial charge in [-0.05, 0) is 19.1 Å². The molecule has 0 spiro atoms. The lowest BCUT2D eigenvalue weighted by atomic mass is 10.2. The quantitative estimate of drug-likeness (QED) is 0.846. The number of aryl methyl sites for hydroxylation is 1. The van der Waals surface area contributed by atoms with Crippen molar-refractivity contribution in [3.63, 3.8) is 0 Å². The number of piperazine rings is 1. The Labute approximate surface area is 122 Å². The third kappa shape index (κ3) is 2.69. The van der Waals surface area contributed by atoms with Gasteiger partial charge in [0.25, 0.3) is 0 Å². The SMILES string of the molecule is Cc1csc(N2CCN(c3ccccc3Cl)CC2)n1. The third-order valence-electron chi connectivity index (χ3n) is 3.35. The molecule has 1 saturated heterocycles. The van der Waals surface area contributed by atoms with Crippen LogP contribution in [0.5, 0.6) is 0 Å². The van der Waals surface area contributed by atoms with Crippen LogP contribution in [0.1, 0.15) is 5.69 Å². The summed E-state index contributed by atoms with van der Waals surface area (Å²) < 4.78 is 0. The van der Waals surface area contributed by atoms with E-state index in [1.807, 2.05) is 25.1 Å². The summed E-state index contributed by atoms with van der Waals surface area (Å²) in [6.07, 6.45) is 0. The molecular weight excluding hydrogens is 278 g/mol. The summed E-state index contributed by atoms with van der Waals surface area (Å²) in [5.74, 6) is 0. The van der Waals surface area contributed by atoms with Crippen molar-refractivity contribution >= 4 is 33.8 Å². The zero-order chi connectivity index (χ0) is 13.2. The van der Waals surface area contributed by atoms with E-state index in [1.165, 1.54) is 0 Å². The van der Waals surface area contributed by atoms with Crippen LogP contribution in [0.25, 0.3) is 0 Å². The summed E-state index contributed by atoms with van der Waals surface area (Å²) in [7, 11) is 0. The van der Waals surface area contributed by atoms with Crippen LogP contribution < -0.4 is 9.80 Å². The smallest absolute Gasteiger partial charge is 0.185 e. The Hall–Kier alpha value is -1.26. The first-order valence-electron chi connectivity index (χ1n) is 6.40. The molecule has 19 heavy (non-hydrogen) atoms. The Morgan fingerprint density at radius 3 is 2.42 bits per heavy atom. The van der Waals surface area contributed by atoms with Crippen molar-refractivity contribution in [2.75, 3.05) is 36.0 Å². The molecule has 0 radical (unpaired) electrons. The number of para-hydroxylation sites is 1. The van der Waals surface area contributed by atoms with Gasteiger partial charge in [-0.1, -0.05) is 23.7 Å². The second-order valence-electron chi connectivity index (χ2n) is 4.70. The Morgan fingerprint density at radius 2 is 1.79 bits per heavy atom. The maximum absolute atomic E-state index is 6.25. The average Bonchev–Trinajstić information content (AvgIpc) is 2.86. The maximum atomic E-state index is 6.25. The lowest BCUT2D eigenvalue weighted by Gasteiger charge is -2.36. The normalized spacial score (nSPS) is 15.9. The molecule has 3 nitrogen and oxygen atoms in total. The maximum Gasteiger partial charge on any atom is 0.185 e. The molecule has 5 heteroatoms. The highest BCUT2D eigenvalue weighted by Crippen LogP contribution is 2.28. The van der Waals surface area contributed by atoms with Gasteiger partial charge in [0, 0.05) is 31.6 Å². The van der Waals surface area contributed by atoms with Crippen LogP contribution in [0.15, 0.2) is 29.6 Å². The molecule has 1 aliphatic heterocycles. The number of halogens is 1. The average molecular weight is 294 g/mol. The first-order chi connectivity index (χ1) is 9.24. The van der Waals surface area contributed by atoms with Gasteiger partial charge in [-0.2, -0.15) is 0 Å². The van der Waals surface area contributed by atoms with Crippen LogP contribution in [0, 0.1) is 6.92 Å². The highest BCUT2D eigenvalue weighted by atomic mass is 35.5. The van der Waals surface area contributed by atoms with Crippen molar-refractivity contribution in [3.05, 3.63) is 40.4 Å². The Bertz CT molecular complexity index is 561. The monoisotopic (exact) mass is 293 g/mol. The summed E-state index contributed by atoms with van der Waals surface area (Å²) in [6, 6.07) is 8.05. The number of nitrogens with zero attached hydrogens (tertiary/aromatic N) is 3. The number of hydrogen-bond donors (Lipinski definition) is 0. The van der Waals surface area contributed by atoms with E-state index in [9.17, 15) is 0 Å². The standard InChI is InChI=1S/C14H16ClN3S/c1-11-10-19-14(16-11)18-8-6-17(7-9-18)13-5-3-2-4-12(13)15/h2-5,10H,6-9H2,1H3. The van der Waals surface area contributed by atoms with Gasteiger partial charge in [-0.15, -0.1) is 11.3 Å². The molecule has 2 aromatic rings. The van der Waals surface area contributed by atoms with E-state index in [-0.39, 0.29) is 0 Å². The first-order valence-corrected chi connectivity index (χ1v) is 7.66. The van der Waals surface area contributed by atoms with Crippen molar-refractivity contribution in [1.82, 2.24) is 4.98 Å². The fraction of sp³-hybridized carbons (Fsp3) is 0.357. The van der Waals surface area contributed by atoms with E-state index in [4.69, 9.17) is 11.6 Å². The molecule has 2 heterocycles. The van der Waals surface area contributed by atoms with E-state index < -0.39 is 0 Å². The predicted molar refractivity (Wildman–Crippen MR) is 82.7 cm³/mol. The van der Waals surface area contributed by atoms with Crippen LogP contribution in [0.4, 0.5) is 10.8 Å². The topological polar surface area (TPSA) is 19.4 Å². The number of rotatable bonds is 2. The molecule has 0 bridgehead atoms. The van der Waals surface area contributed by atoms with Crippen LogP contribution in [-0.4, -0.2) is 31.2 Å². The van der Waals surface area contributed by atoms with Crippen molar-refractivity contribution in [2.24, 2.45) is 0 Å².